The molecule has 0 aliphatic heterocycles. The van der Waals surface area contributed by atoms with Gasteiger partial charge < -0.3 is 14.8 Å². The molecule has 1 fully saturated rings. The fourth-order valence-electron chi connectivity index (χ4n) is 3.00. The maximum atomic E-state index is 5.65. The average Bonchev–Trinajstić information content (AvgIpc) is 2.26. The fourth-order valence-corrected chi connectivity index (χ4v) is 3.00. The van der Waals surface area contributed by atoms with Crippen LogP contribution in [0.1, 0.15) is 41.0 Å². The van der Waals surface area contributed by atoms with E-state index < -0.39 is 0 Å². The smallest absolute Gasteiger partial charge is 0.0986 e. The van der Waals surface area contributed by atoms with E-state index >= 15 is 0 Å². The Morgan fingerprint density at radius 2 is 1.78 bits per heavy atom. The number of hydrogen-bond donors (Lipinski definition) is 1. The SMILES string of the molecule is CCOC1CC(NCC(C(C)C)C(C)C)C1OC. The highest BCUT2D eigenvalue weighted by molar-refractivity contribution is 4.97. The quantitative estimate of drug-likeness (QED) is 0.725. The monoisotopic (exact) mass is 257 g/mol. The van der Waals surface area contributed by atoms with E-state index in [-0.39, 0.29) is 12.2 Å². The second-order valence-corrected chi connectivity index (χ2v) is 6.10. The van der Waals surface area contributed by atoms with Gasteiger partial charge in [0.2, 0.25) is 0 Å². The van der Waals surface area contributed by atoms with Gasteiger partial charge in [-0.2, -0.15) is 0 Å². The highest BCUT2D eigenvalue weighted by Crippen LogP contribution is 2.28. The molecule has 3 heteroatoms. The predicted molar refractivity (Wildman–Crippen MR) is 75.8 cm³/mol. The molecule has 0 aromatic carbocycles. The Morgan fingerprint density at radius 1 is 1.17 bits per heavy atom. The minimum absolute atomic E-state index is 0.227. The molecule has 108 valence electrons. The zero-order valence-corrected chi connectivity index (χ0v) is 12.9. The van der Waals surface area contributed by atoms with Crippen molar-refractivity contribution in [3.05, 3.63) is 0 Å². The van der Waals surface area contributed by atoms with Crippen molar-refractivity contribution in [3.63, 3.8) is 0 Å². The van der Waals surface area contributed by atoms with Crippen molar-refractivity contribution < 1.29 is 9.47 Å². The molecule has 1 saturated carbocycles. The predicted octanol–water partition coefficient (Wildman–Crippen LogP) is 2.70. The highest BCUT2D eigenvalue weighted by Gasteiger charge is 2.42. The molecule has 0 spiro atoms. The van der Waals surface area contributed by atoms with Crippen molar-refractivity contribution in [3.8, 4) is 0 Å². The van der Waals surface area contributed by atoms with Crippen LogP contribution in [0.3, 0.4) is 0 Å². The molecule has 0 saturated heterocycles. The normalized spacial score (nSPS) is 28.2. The first-order chi connectivity index (χ1) is 8.51. The van der Waals surface area contributed by atoms with Crippen LogP contribution in [0.25, 0.3) is 0 Å². The Bertz CT molecular complexity index is 223. The minimum atomic E-state index is 0.227. The minimum Gasteiger partial charge on any atom is -0.377 e. The topological polar surface area (TPSA) is 30.5 Å². The lowest BCUT2D eigenvalue weighted by atomic mass is 9.82. The van der Waals surface area contributed by atoms with E-state index in [1.807, 2.05) is 6.92 Å². The van der Waals surface area contributed by atoms with Crippen LogP contribution in [0.4, 0.5) is 0 Å². The first kappa shape index (κ1) is 15.9. The van der Waals surface area contributed by atoms with Crippen molar-refractivity contribution in [2.75, 3.05) is 20.3 Å². The number of hydrogen-bond acceptors (Lipinski definition) is 3. The summed E-state index contributed by atoms with van der Waals surface area (Å²) < 4.78 is 11.2. The average molecular weight is 257 g/mol. The molecule has 18 heavy (non-hydrogen) atoms. The van der Waals surface area contributed by atoms with Gasteiger partial charge in [-0.3, -0.25) is 0 Å². The first-order valence-corrected chi connectivity index (χ1v) is 7.39. The second-order valence-electron chi connectivity index (χ2n) is 6.10. The van der Waals surface area contributed by atoms with E-state index in [0.29, 0.717) is 6.04 Å². The lowest BCUT2D eigenvalue weighted by Crippen LogP contribution is -2.60. The Balaban J connectivity index is 2.35. The number of nitrogens with one attached hydrogen (secondary N) is 1. The summed E-state index contributed by atoms with van der Waals surface area (Å²) >= 11 is 0. The highest BCUT2D eigenvalue weighted by atomic mass is 16.5. The molecule has 1 aliphatic rings. The van der Waals surface area contributed by atoms with Crippen LogP contribution < -0.4 is 5.32 Å². The lowest BCUT2D eigenvalue weighted by molar-refractivity contribution is -0.132. The summed E-state index contributed by atoms with van der Waals surface area (Å²) in [6, 6.07) is 0.464. The van der Waals surface area contributed by atoms with Crippen molar-refractivity contribution in [1.82, 2.24) is 5.32 Å². The Hall–Kier alpha value is -0.120. The van der Waals surface area contributed by atoms with Gasteiger partial charge in [-0.1, -0.05) is 27.7 Å². The molecule has 0 amide bonds. The van der Waals surface area contributed by atoms with Crippen LogP contribution in [0.2, 0.25) is 0 Å². The van der Waals surface area contributed by atoms with Gasteiger partial charge in [-0.05, 0) is 37.6 Å². The molecule has 3 unspecified atom stereocenters. The Kier molecular flexibility index (Phi) is 6.61. The molecule has 0 radical (unpaired) electrons. The van der Waals surface area contributed by atoms with Crippen LogP contribution in [0, 0.1) is 17.8 Å². The summed E-state index contributed by atoms with van der Waals surface area (Å²) in [6.45, 7) is 13.1. The van der Waals surface area contributed by atoms with E-state index in [1.165, 1.54) is 0 Å². The lowest BCUT2D eigenvalue weighted by Gasteiger charge is -2.44. The van der Waals surface area contributed by atoms with Gasteiger partial charge in [0.15, 0.2) is 0 Å². The van der Waals surface area contributed by atoms with Crippen LogP contribution in [-0.2, 0) is 9.47 Å². The van der Waals surface area contributed by atoms with Gasteiger partial charge >= 0.3 is 0 Å². The van der Waals surface area contributed by atoms with E-state index in [0.717, 1.165) is 37.3 Å². The van der Waals surface area contributed by atoms with E-state index in [9.17, 15) is 0 Å². The maximum Gasteiger partial charge on any atom is 0.0986 e. The molecule has 1 N–H and O–H groups in total. The summed E-state index contributed by atoms with van der Waals surface area (Å²) in [4.78, 5) is 0. The number of ether oxygens (including phenoxy) is 2. The van der Waals surface area contributed by atoms with Gasteiger partial charge in [0.05, 0.1) is 12.2 Å². The third-order valence-corrected chi connectivity index (χ3v) is 4.23. The molecule has 0 bridgehead atoms. The van der Waals surface area contributed by atoms with Crippen LogP contribution in [-0.4, -0.2) is 38.5 Å². The van der Waals surface area contributed by atoms with E-state index in [2.05, 4.69) is 33.0 Å². The number of methoxy groups -OCH3 is 1. The Labute approximate surface area is 113 Å². The summed E-state index contributed by atoms with van der Waals surface area (Å²) in [5.74, 6) is 2.18. The van der Waals surface area contributed by atoms with Crippen molar-refractivity contribution in [1.29, 1.82) is 0 Å². The second kappa shape index (κ2) is 7.46. The molecule has 0 heterocycles. The van der Waals surface area contributed by atoms with Crippen LogP contribution >= 0.6 is 0 Å². The fraction of sp³-hybridized carbons (Fsp3) is 1.00. The van der Waals surface area contributed by atoms with Crippen LogP contribution in [0.5, 0.6) is 0 Å². The van der Waals surface area contributed by atoms with Gasteiger partial charge in [0, 0.05) is 19.8 Å². The zero-order chi connectivity index (χ0) is 13.7. The standard InChI is InChI=1S/C15H31NO2/c1-7-18-14-8-13(15(14)17-6)16-9-12(10(2)3)11(4)5/h10-16H,7-9H2,1-6H3. The van der Waals surface area contributed by atoms with Crippen molar-refractivity contribution in [2.45, 2.75) is 59.3 Å². The summed E-state index contributed by atoms with van der Waals surface area (Å²) in [5, 5.41) is 3.67. The molecule has 0 aromatic rings. The summed E-state index contributed by atoms with van der Waals surface area (Å²) in [7, 11) is 1.78. The van der Waals surface area contributed by atoms with Gasteiger partial charge in [0.25, 0.3) is 0 Å². The first-order valence-electron chi connectivity index (χ1n) is 7.39. The largest absolute Gasteiger partial charge is 0.377 e. The molecular weight excluding hydrogens is 226 g/mol. The maximum absolute atomic E-state index is 5.65. The summed E-state index contributed by atoms with van der Waals surface area (Å²) in [5.41, 5.74) is 0. The molecule has 3 atom stereocenters. The zero-order valence-electron chi connectivity index (χ0n) is 12.9. The van der Waals surface area contributed by atoms with E-state index in [4.69, 9.17) is 9.47 Å². The number of rotatable bonds is 8. The van der Waals surface area contributed by atoms with Crippen molar-refractivity contribution in [2.24, 2.45) is 17.8 Å². The van der Waals surface area contributed by atoms with Gasteiger partial charge in [-0.25, -0.2) is 0 Å². The third kappa shape index (κ3) is 3.94. The summed E-state index contributed by atoms with van der Waals surface area (Å²) in [6.07, 6.45) is 1.59. The van der Waals surface area contributed by atoms with Gasteiger partial charge in [0.1, 0.15) is 0 Å². The third-order valence-electron chi connectivity index (χ3n) is 4.23. The van der Waals surface area contributed by atoms with Crippen molar-refractivity contribution >= 4 is 0 Å². The Morgan fingerprint density at radius 3 is 2.22 bits per heavy atom. The molecule has 1 rings (SSSR count). The molecular formula is C15H31NO2. The molecule has 3 nitrogen and oxygen atoms in total. The molecule has 0 aromatic heterocycles. The van der Waals surface area contributed by atoms with Crippen LogP contribution in [0.15, 0.2) is 0 Å². The molecule has 1 aliphatic carbocycles. The van der Waals surface area contributed by atoms with E-state index in [1.54, 1.807) is 7.11 Å². The van der Waals surface area contributed by atoms with Gasteiger partial charge in [-0.15, -0.1) is 0 Å².